The largest absolute Gasteiger partial charge is 0.394 e. The van der Waals surface area contributed by atoms with Gasteiger partial charge in [0.25, 0.3) is 0 Å². The van der Waals surface area contributed by atoms with Crippen molar-refractivity contribution in [1.29, 1.82) is 0 Å². The topological polar surface area (TPSA) is 57.6 Å². The summed E-state index contributed by atoms with van der Waals surface area (Å²) in [5, 5.41) is 9.96. The quantitative estimate of drug-likeness (QED) is 0.796. The van der Waals surface area contributed by atoms with E-state index in [4.69, 9.17) is 0 Å². The predicted molar refractivity (Wildman–Crippen MR) is 79.4 cm³/mol. The molecule has 0 radical (unpaired) electrons. The van der Waals surface area contributed by atoms with Gasteiger partial charge < -0.3 is 5.11 Å². The van der Waals surface area contributed by atoms with Crippen molar-refractivity contribution in [2.45, 2.75) is 76.7 Å². The maximum Gasteiger partial charge on any atom is 0.230 e. The van der Waals surface area contributed by atoms with Crippen molar-refractivity contribution in [2.75, 3.05) is 6.61 Å². The Kier molecular flexibility index (Phi) is 3.85. The summed E-state index contributed by atoms with van der Waals surface area (Å²) in [4.78, 5) is 26.9. The maximum absolute atomic E-state index is 12.7. The molecular formula is C17H27NO3. The number of piperidine rings is 1. The van der Waals surface area contributed by atoms with E-state index in [1.165, 1.54) is 4.90 Å². The Morgan fingerprint density at radius 1 is 1.10 bits per heavy atom. The minimum atomic E-state index is -0.619. The van der Waals surface area contributed by atoms with Crippen LogP contribution in [0.4, 0.5) is 0 Å². The number of amides is 2. The highest BCUT2D eigenvalue weighted by atomic mass is 16.3. The molecule has 118 valence electrons. The lowest BCUT2D eigenvalue weighted by Gasteiger charge is -2.50. The fourth-order valence-corrected chi connectivity index (χ4v) is 5.06. The number of carbonyl (C=O) groups excluding carboxylic acids is 2. The number of hydrogen-bond donors (Lipinski definition) is 1. The monoisotopic (exact) mass is 293 g/mol. The van der Waals surface area contributed by atoms with E-state index in [1.54, 1.807) is 0 Å². The van der Waals surface area contributed by atoms with Crippen molar-refractivity contribution in [3.63, 3.8) is 0 Å². The lowest BCUT2D eigenvalue weighted by molar-refractivity contribution is -0.166. The Hall–Kier alpha value is -0.900. The molecule has 3 fully saturated rings. The van der Waals surface area contributed by atoms with Gasteiger partial charge in [0.1, 0.15) is 0 Å². The predicted octanol–water partition coefficient (Wildman–Crippen LogP) is 2.64. The first-order chi connectivity index (χ1) is 10.0. The molecule has 3 rings (SSSR count). The molecule has 4 nitrogen and oxygen atoms in total. The Bertz CT molecular complexity index is 421. The standard InChI is InChI=1S/C17H27NO3/c1-13-5-4-8-17(9-13,12-19)18-14(20)10-16(11-15(18)21)6-2-3-7-16/h13,19H,2-12H2,1H3. The van der Waals surface area contributed by atoms with E-state index in [1.807, 2.05) is 0 Å². The lowest BCUT2D eigenvalue weighted by atomic mass is 9.71. The minimum Gasteiger partial charge on any atom is -0.394 e. The lowest BCUT2D eigenvalue weighted by Crippen LogP contribution is -2.62. The normalized spacial score (nSPS) is 36.5. The molecule has 3 aliphatic rings. The van der Waals surface area contributed by atoms with Crippen LogP contribution in [0.1, 0.15) is 71.1 Å². The van der Waals surface area contributed by atoms with Crippen LogP contribution in [0.5, 0.6) is 0 Å². The molecule has 2 amide bonds. The van der Waals surface area contributed by atoms with Crippen LogP contribution < -0.4 is 0 Å². The van der Waals surface area contributed by atoms with Gasteiger partial charge in [-0.1, -0.05) is 32.6 Å². The Morgan fingerprint density at radius 3 is 2.24 bits per heavy atom. The third-order valence-electron chi connectivity index (χ3n) is 6.05. The Balaban J connectivity index is 1.84. The van der Waals surface area contributed by atoms with Crippen molar-refractivity contribution in [1.82, 2.24) is 4.90 Å². The number of aliphatic hydroxyl groups is 1. The molecule has 0 bridgehead atoms. The second-order valence-electron chi connectivity index (χ2n) is 7.77. The highest BCUT2D eigenvalue weighted by Crippen LogP contribution is 2.49. The van der Waals surface area contributed by atoms with Crippen LogP contribution in [0.3, 0.4) is 0 Å². The number of likely N-dealkylation sites (tertiary alicyclic amines) is 1. The van der Waals surface area contributed by atoms with Crippen LogP contribution in [-0.4, -0.2) is 34.0 Å². The highest BCUT2D eigenvalue weighted by molar-refractivity contribution is 5.99. The summed E-state index contributed by atoms with van der Waals surface area (Å²) in [6, 6.07) is 0. The summed E-state index contributed by atoms with van der Waals surface area (Å²) in [6.45, 7) is 2.07. The van der Waals surface area contributed by atoms with E-state index in [2.05, 4.69) is 6.92 Å². The first-order valence-electron chi connectivity index (χ1n) is 8.47. The van der Waals surface area contributed by atoms with E-state index in [9.17, 15) is 14.7 Å². The van der Waals surface area contributed by atoms with Crippen molar-refractivity contribution >= 4 is 11.8 Å². The van der Waals surface area contributed by atoms with Crippen molar-refractivity contribution in [3.05, 3.63) is 0 Å². The van der Waals surface area contributed by atoms with Crippen LogP contribution in [0.2, 0.25) is 0 Å². The smallest absolute Gasteiger partial charge is 0.230 e. The van der Waals surface area contributed by atoms with E-state index >= 15 is 0 Å². The summed E-state index contributed by atoms with van der Waals surface area (Å²) in [7, 11) is 0. The third kappa shape index (κ3) is 2.52. The van der Waals surface area contributed by atoms with E-state index in [-0.39, 0.29) is 23.8 Å². The van der Waals surface area contributed by atoms with Crippen molar-refractivity contribution in [3.8, 4) is 0 Å². The third-order valence-corrected chi connectivity index (χ3v) is 6.05. The van der Waals surface area contributed by atoms with Crippen LogP contribution in [0, 0.1) is 11.3 Å². The molecule has 2 atom stereocenters. The number of rotatable bonds is 2. The maximum atomic E-state index is 12.7. The number of nitrogens with zero attached hydrogens (tertiary/aromatic N) is 1. The van der Waals surface area contributed by atoms with E-state index in [0.717, 1.165) is 51.4 Å². The number of aliphatic hydroxyl groups excluding tert-OH is 1. The molecule has 2 saturated carbocycles. The van der Waals surface area contributed by atoms with Crippen LogP contribution >= 0.6 is 0 Å². The van der Waals surface area contributed by atoms with Gasteiger partial charge in [-0.25, -0.2) is 0 Å². The summed E-state index contributed by atoms with van der Waals surface area (Å²) in [5.74, 6) is 0.404. The molecule has 4 heteroatoms. The molecule has 1 heterocycles. The summed E-state index contributed by atoms with van der Waals surface area (Å²) >= 11 is 0. The van der Waals surface area contributed by atoms with Crippen LogP contribution in [0.25, 0.3) is 0 Å². The zero-order valence-electron chi connectivity index (χ0n) is 13.1. The molecule has 2 aliphatic carbocycles. The van der Waals surface area contributed by atoms with Gasteiger partial charge >= 0.3 is 0 Å². The van der Waals surface area contributed by atoms with E-state index in [0.29, 0.717) is 18.8 Å². The van der Waals surface area contributed by atoms with Gasteiger partial charge in [-0.2, -0.15) is 0 Å². The van der Waals surface area contributed by atoms with E-state index < -0.39 is 5.54 Å². The van der Waals surface area contributed by atoms with Gasteiger partial charge in [0.15, 0.2) is 0 Å². The summed E-state index contributed by atoms with van der Waals surface area (Å²) < 4.78 is 0. The number of carbonyl (C=O) groups is 2. The Labute approximate surface area is 126 Å². The molecule has 0 aromatic heterocycles. The molecule has 1 spiro atoms. The first-order valence-corrected chi connectivity index (χ1v) is 8.47. The zero-order chi connectivity index (χ0) is 15.1. The Morgan fingerprint density at radius 2 is 1.71 bits per heavy atom. The van der Waals surface area contributed by atoms with Crippen molar-refractivity contribution in [2.24, 2.45) is 11.3 Å². The molecule has 21 heavy (non-hydrogen) atoms. The van der Waals surface area contributed by atoms with Gasteiger partial charge in [0.05, 0.1) is 12.1 Å². The average Bonchev–Trinajstić information content (AvgIpc) is 2.85. The molecule has 2 unspecified atom stereocenters. The van der Waals surface area contributed by atoms with Crippen molar-refractivity contribution < 1.29 is 14.7 Å². The summed E-state index contributed by atoms with van der Waals surface area (Å²) in [5.41, 5.74) is -0.673. The van der Waals surface area contributed by atoms with Gasteiger partial charge in [0.2, 0.25) is 11.8 Å². The number of imide groups is 1. The fourth-order valence-electron chi connectivity index (χ4n) is 5.06. The minimum absolute atomic E-state index is 0.0312. The van der Waals surface area contributed by atoms with Gasteiger partial charge in [-0.3, -0.25) is 14.5 Å². The first kappa shape index (κ1) is 15.0. The van der Waals surface area contributed by atoms with Gasteiger partial charge in [0, 0.05) is 12.8 Å². The zero-order valence-corrected chi connectivity index (χ0v) is 13.1. The molecule has 1 aliphatic heterocycles. The average molecular weight is 293 g/mol. The fraction of sp³-hybridized carbons (Fsp3) is 0.882. The summed E-state index contributed by atoms with van der Waals surface area (Å²) in [6.07, 6.45) is 8.97. The van der Waals surface area contributed by atoms with Crippen LogP contribution in [0.15, 0.2) is 0 Å². The molecule has 1 saturated heterocycles. The number of hydrogen-bond acceptors (Lipinski definition) is 3. The van der Waals surface area contributed by atoms with Crippen LogP contribution in [-0.2, 0) is 9.59 Å². The van der Waals surface area contributed by atoms with Gasteiger partial charge in [-0.15, -0.1) is 0 Å². The molecular weight excluding hydrogens is 266 g/mol. The molecule has 1 N–H and O–H groups in total. The second kappa shape index (κ2) is 5.38. The SMILES string of the molecule is CC1CCCC(CO)(N2C(=O)CC3(CCCC3)CC2=O)C1. The molecule has 0 aromatic rings. The molecule has 0 aromatic carbocycles. The second-order valence-corrected chi connectivity index (χ2v) is 7.77. The highest BCUT2D eigenvalue weighted by Gasteiger charge is 2.52. The van der Waals surface area contributed by atoms with Gasteiger partial charge in [-0.05, 0) is 37.0 Å².